The first-order valence-corrected chi connectivity index (χ1v) is 8.12. The Morgan fingerprint density at radius 2 is 2.16 bits per heavy atom. The van der Waals surface area contributed by atoms with Gasteiger partial charge in [0.15, 0.2) is 0 Å². The largest absolute Gasteiger partial charge is 0.481 e. The van der Waals surface area contributed by atoms with Crippen LogP contribution in [0.15, 0.2) is 0 Å². The van der Waals surface area contributed by atoms with Gasteiger partial charge in [-0.25, -0.2) is 4.79 Å². The summed E-state index contributed by atoms with van der Waals surface area (Å²) in [5.41, 5.74) is 0. The predicted molar refractivity (Wildman–Crippen MR) is 73.5 cm³/mol. The van der Waals surface area contributed by atoms with E-state index in [0.29, 0.717) is 13.1 Å². The van der Waals surface area contributed by atoms with Crippen LogP contribution in [0, 0.1) is 0 Å². The number of nitrogens with zero attached hydrogens (tertiary/aromatic N) is 1. The number of hydrogen-bond donors (Lipinski definition) is 2. The number of amides is 2. The van der Waals surface area contributed by atoms with Crippen LogP contribution in [0.4, 0.5) is 4.79 Å². The topological polar surface area (TPSA) is 86.7 Å². The van der Waals surface area contributed by atoms with Gasteiger partial charge in [0, 0.05) is 41.4 Å². The second-order valence-electron chi connectivity index (χ2n) is 4.94. The number of carboxylic acids is 1. The molecule has 1 rings (SSSR count). The SMILES string of the molecule is CC(CNC(=O)N1CCCCC1CC(=O)O)S(C)=O. The van der Waals surface area contributed by atoms with Gasteiger partial charge in [-0.05, 0) is 26.2 Å². The molecule has 1 heterocycles. The number of aliphatic carboxylic acids is 1. The molecule has 0 spiro atoms. The number of carbonyl (C=O) groups is 2. The third-order valence-corrected chi connectivity index (χ3v) is 4.71. The molecular weight excluding hydrogens is 268 g/mol. The van der Waals surface area contributed by atoms with Crippen molar-refractivity contribution >= 4 is 22.8 Å². The van der Waals surface area contributed by atoms with Gasteiger partial charge < -0.3 is 15.3 Å². The van der Waals surface area contributed by atoms with Crippen molar-refractivity contribution in [3.05, 3.63) is 0 Å². The Kier molecular flexibility index (Phi) is 6.27. The van der Waals surface area contributed by atoms with Crippen LogP contribution in [-0.4, -0.2) is 56.9 Å². The Balaban J connectivity index is 2.52. The number of carboxylic acid groups (broad SMARTS) is 1. The first-order valence-electron chi connectivity index (χ1n) is 6.50. The molecule has 1 aliphatic heterocycles. The number of carbonyl (C=O) groups excluding carboxylic acids is 1. The maximum Gasteiger partial charge on any atom is 0.317 e. The molecule has 0 aromatic rings. The van der Waals surface area contributed by atoms with E-state index in [2.05, 4.69) is 5.32 Å². The molecule has 19 heavy (non-hydrogen) atoms. The molecule has 0 bridgehead atoms. The number of nitrogens with one attached hydrogen (secondary N) is 1. The first-order chi connectivity index (χ1) is 8.91. The summed E-state index contributed by atoms with van der Waals surface area (Å²) in [7, 11) is -0.977. The van der Waals surface area contributed by atoms with Gasteiger partial charge in [0.2, 0.25) is 0 Å². The van der Waals surface area contributed by atoms with Gasteiger partial charge in [-0.3, -0.25) is 9.00 Å². The fraction of sp³-hybridized carbons (Fsp3) is 0.833. The maximum atomic E-state index is 12.0. The van der Waals surface area contributed by atoms with Crippen molar-refractivity contribution in [2.24, 2.45) is 0 Å². The zero-order valence-corrected chi connectivity index (χ0v) is 12.2. The summed E-state index contributed by atoms with van der Waals surface area (Å²) < 4.78 is 11.2. The van der Waals surface area contributed by atoms with E-state index in [4.69, 9.17) is 5.11 Å². The van der Waals surface area contributed by atoms with E-state index < -0.39 is 16.8 Å². The molecule has 0 aromatic heterocycles. The van der Waals surface area contributed by atoms with E-state index in [1.165, 1.54) is 0 Å². The first kappa shape index (κ1) is 15.9. The summed E-state index contributed by atoms with van der Waals surface area (Å²) in [5, 5.41) is 11.5. The van der Waals surface area contributed by atoms with E-state index >= 15 is 0 Å². The Labute approximate surface area is 116 Å². The van der Waals surface area contributed by atoms with E-state index in [-0.39, 0.29) is 23.7 Å². The quantitative estimate of drug-likeness (QED) is 0.784. The summed E-state index contributed by atoms with van der Waals surface area (Å²) in [5.74, 6) is -0.882. The number of urea groups is 1. The molecule has 0 aromatic carbocycles. The third-order valence-electron chi connectivity index (χ3n) is 3.41. The molecule has 2 N–H and O–H groups in total. The summed E-state index contributed by atoms with van der Waals surface area (Å²) in [6.45, 7) is 2.74. The number of rotatable bonds is 5. The average Bonchev–Trinajstić information content (AvgIpc) is 2.35. The lowest BCUT2D eigenvalue weighted by Gasteiger charge is -2.35. The van der Waals surface area contributed by atoms with Crippen molar-refractivity contribution in [3.8, 4) is 0 Å². The minimum absolute atomic E-state index is 0.0112. The fourth-order valence-electron chi connectivity index (χ4n) is 2.13. The summed E-state index contributed by atoms with van der Waals surface area (Å²) >= 11 is 0. The molecule has 0 aliphatic carbocycles. The molecule has 0 saturated carbocycles. The van der Waals surface area contributed by atoms with Crippen LogP contribution in [0.2, 0.25) is 0 Å². The lowest BCUT2D eigenvalue weighted by molar-refractivity contribution is -0.138. The molecule has 1 fully saturated rings. The highest BCUT2D eigenvalue weighted by Crippen LogP contribution is 2.19. The normalized spacial score (nSPS) is 22.6. The van der Waals surface area contributed by atoms with Crippen molar-refractivity contribution in [3.63, 3.8) is 0 Å². The molecule has 1 aliphatic rings. The molecule has 2 amide bonds. The molecule has 7 heteroatoms. The summed E-state index contributed by atoms with van der Waals surface area (Å²) in [6, 6.07) is -0.475. The second kappa shape index (κ2) is 7.47. The van der Waals surface area contributed by atoms with Crippen LogP contribution in [0.3, 0.4) is 0 Å². The summed E-state index contributed by atoms with van der Waals surface area (Å²) in [4.78, 5) is 24.4. The highest BCUT2D eigenvalue weighted by Gasteiger charge is 2.28. The van der Waals surface area contributed by atoms with Crippen LogP contribution < -0.4 is 5.32 Å². The molecule has 1 saturated heterocycles. The van der Waals surface area contributed by atoms with E-state index in [1.807, 2.05) is 0 Å². The van der Waals surface area contributed by atoms with Crippen LogP contribution in [0.5, 0.6) is 0 Å². The monoisotopic (exact) mass is 290 g/mol. The lowest BCUT2D eigenvalue weighted by atomic mass is 10.00. The number of hydrogen-bond acceptors (Lipinski definition) is 3. The van der Waals surface area contributed by atoms with Gasteiger partial charge >= 0.3 is 12.0 Å². The molecule has 0 radical (unpaired) electrons. The smallest absolute Gasteiger partial charge is 0.317 e. The zero-order valence-electron chi connectivity index (χ0n) is 11.4. The van der Waals surface area contributed by atoms with E-state index in [9.17, 15) is 13.8 Å². The predicted octanol–water partition coefficient (Wildman–Crippen LogP) is 0.792. The Bertz CT molecular complexity index is 362. The van der Waals surface area contributed by atoms with Crippen LogP contribution in [-0.2, 0) is 15.6 Å². The molecule has 3 atom stereocenters. The highest BCUT2D eigenvalue weighted by atomic mass is 32.2. The van der Waals surface area contributed by atoms with Crippen molar-refractivity contribution in [1.29, 1.82) is 0 Å². The van der Waals surface area contributed by atoms with Gasteiger partial charge in [-0.2, -0.15) is 0 Å². The minimum atomic E-state index is -0.977. The highest BCUT2D eigenvalue weighted by molar-refractivity contribution is 7.84. The van der Waals surface area contributed by atoms with Gasteiger partial charge in [0.05, 0.1) is 6.42 Å². The van der Waals surface area contributed by atoms with Crippen molar-refractivity contribution in [2.75, 3.05) is 19.3 Å². The van der Waals surface area contributed by atoms with E-state index in [0.717, 1.165) is 19.3 Å². The molecular formula is C12H22N2O4S. The Morgan fingerprint density at radius 3 is 2.74 bits per heavy atom. The van der Waals surface area contributed by atoms with Crippen LogP contribution in [0.1, 0.15) is 32.6 Å². The Morgan fingerprint density at radius 1 is 1.47 bits per heavy atom. The fourth-order valence-corrected chi connectivity index (χ4v) is 2.45. The maximum absolute atomic E-state index is 12.0. The van der Waals surface area contributed by atoms with Gasteiger partial charge in [-0.15, -0.1) is 0 Å². The van der Waals surface area contributed by atoms with Gasteiger partial charge in [-0.1, -0.05) is 0 Å². The Hall–Kier alpha value is -1.11. The van der Waals surface area contributed by atoms with Crippen LogP contribution >= 0.6 is 0 Å². The van der Waals surface area contributed by atoms with Gasteiger partial charge in [0.25, 0.3) is 0 Å². The van der Waals surface area contributed by atoms with Crippen molar-refractivity contribution in [2.45, 2.75) is 43.9 Å². The summed E-state index contributed by atoms with van der Waals surface area (Å²) in [6.07, 6.45) is 4.18. The molecule has 6 nitrogen and oxygen atoms in total. The standard InChI is InChI=1S/C12H22N2O4S/c1-9(19(2)18)8-13-12(17)14-6-4-3-5-10(14)7-11(15)16/h9-10H,3-8H2,1-2H3,(H,13,17)(H,15,16). The van der Waals surface area contributed by atoms with Crippen molar-refractivity contribution < 1.29 is 18.9 Å². The number of likely N-dealkylation sites (tertiary alicyclic amines) is 1. The van der Waals surface area contributed by atoms with Crippen molar-refractivity contribution in [1.82, 2.24) is 10.2 Å². The lowest BCUT2D eigenvalue weighted by Crippen LogP contribution is -2.50. The van der Waals surface area contributed by atoms with Gasteiger partial charge in [0.1, 0.15) is 0 Å². The molecule has 3 unspecified atom stereocenters. The second-order valence-corrected chi connectivity index (χ2v) is 6.74. The third kappa shape index (κ3) is 5.18. The van der Waals surface area contributed by atoms with E-state index in [1.54, 1.807) is 18.1 Å². The minimum Gasteiger partial charge on any atom is -0.481 e. The average molecular weight is 290 g/mol. The molecule has 110 valence electrons. The van der Waals surface area contributed by atoms with Crippen LogP contribution in [0.25, 0.3) is 0 Å². The number of piperidine rings is 1. The zero-order chi connectivity index (χ0) is 14.4.